The molecule has 0 saturated heterocycles. The van der Waals surface area contributed by atoms with Gasteiger partial charge in [-0.25, -0.2) is 0 Å². The van der Waals surface area contributed by atoms with Crippen LogP contribution in [0.2, 0.25) is 0 Å². The van der Waals surface area contributed by atoms with Gasteiger partial charge in [0.05, 0.1) is 18.1 Å². The molecule has 2 rings (SSSR count). The van der Waals surface area contributed by atoms with Gasteiger partial charge in [0.15, 0.2) is 0 Å². The van der Waals surface area contributed by atoms with Crippen molar-refractivity contribution in [1.82, 2.24) is 15.5 Å². The Labute approximate surface area is 149 Å². The molecule has 5 heteroatoms. The Morgan fingerprint density at radius 2 is 1.72 bits per heavy atom. The second-order valence-corrected chi connectivity index (χ2v) is 7.04. The van der Waals surface area contributed by atoms with E-state index in [0.29, 0.717) is 0 Å². The highest BCUT2D eigenvalue weighted by molar-refractivity contribution is 5.88. The molecule has 0 aliphatic heterocycles. The summed E-state index contributed by atoms with van der Waals surface area (Å²) in [7, 11) is 3.41. The van der Waals surface area contributed by atoms with Gasteiger partial charge in [0.2, 0.25) is 11.8 Å². The van der Waals surface area contributed by atoms with Gasteiger partial charge in [0, 0.05) is 14.1 Å². The van der Waals surface area contributed by atoms with Crippen LogP contribution in [0.15, 0.2) is 42.5 Å². The lowest BCUT2D eigenvalue weighted by molar-refractivity contribution is -0.134. The molecule has 0 aliphatic rings. The van der Waals surface area contributed by atoms with E-state index in [1.807, 2.05) is 31.2 Å². The van der Waals surface area contributed by atoms with Gasteiger partial charge in [-0.05, 0) is 37.1 Å². The van der Waals surface area contributed by atoms with Gasteiger partial charge in [-0.3, -0.25) is 14.9 Å². The number of fused-ring (bicyclic) bond motifs is 1. The summed E-state index contributed by atoms with van der Waals surface area (Å²) in [4.78, 5) is 25.9. The van der Waals surface area contributed by atoms with E-state index in [1.54, 1.807) is 27.9 Å². The van der Waals surface area contributed by atoms with Gasteiger partial charge in [-0.2, -0.15) is 0 Å². The summed E-state index contributed by atoms with van der Waals surface area (Å²) in [6.45, 7) is 5.60. The number of carbonyl (C=O) groups excluding carboxylic acids is 2. The summed E-state index contributed by atoms with van der Waals surface area (Å²) in [5.41, 5.74) is 0.291. The second-order valence-electron chi connectivity index (χ2n) is 7.04. The predicted molar refractivity (Wildman–Crippen MR) is 101 cm³/mol. The molecule has 0 heterocycles. The first-order valence-corrected chi connectivity index (χ1v) is 8.46. The first-order valence-electron chi connectivity index (χ1n) is 8.46. The van der Waals surface area contributed by atoms with Crippen molar-refractivity contribution in [3.05, 3.63) is 48.0 Å². The van der Waals surface area contributed by atoms with Crippen LogP contribution in [-0.4, -0.2) is 42.9 Å². The minimum absolute atomic E-state index is 0.0672. The third kappa shape index (κ3) is 4.57. The van der Waals surface area contributed by atoms with Crippen LogP contribution in [0.1, 0.15) is 32.4 Å². The van der Waals surface area contributed by atoms with Crippen LogP contribution < -0.4 is 10.6 Å². The van der Waals surface area contributed by atoms with E-state index in [9.17, 15) is 9.59 Å². The lowest BCUT2D eigenvalue weighted by atomic mass is 9.99. The van der Waals surface area contributed by atoms with Gasteiger partial charge < -0.3 is 10.2 Å². The molecule has 0 bridgehead atoms. The zero-order valence-electron chi connectivity index (χ0n) is 15.6. The molecule has 1 atom stereocenters. The molecular weight excluding hydrogens is 314 g/mol. The van der Waals surface area contributed by atoms with E-state index in [2.05, 4.69) is 28.8 Å². The Balaban J connectivity index is 2.02. The number of rotatable bonds is 6. The molecule has 0 unspecified atom stereocenters. The van der Waals surface area contributed by atoms with Gasteiger partial charge in [0.25, 0.3) is 0 Å². The smallest absolute Gasteiger partial charge is 0.241 e. The molecule has 2 aromatic carbocycles. The molecule has 0 aromatic heterocycles. The van der Waals surface area contributed by atoms with Crippen LogP contribution in [0.25, 0.3) is 10.8 Å². The monoisotopic (exact) mass is 341 g/mol. The summed E-state index contributed by atoms with van der Waals surface area (Å²) in [6.07, 6.45) is 0. The van der Waals surface area contributed by atoms with Crippen LogP contribution in [0.3, 0.4) is 0 Å². The number of nitrogens with zero attached hydrogens (tertiary/aromatic N) is 1. The van der Waals surface area contributed by atoms with Gasteiger partial charge >= 0.3 is 0 Å². The van der Waals surface area contributed by atoms with Crippen molar-refractivity contribution in [2.75, 3.05) is 20.6 Å². The molecule has 134 valence electrons. The van der Waals surface area contributed by atoms with Crippen molar-refractivity contribution < 1.29 is 9.59 Å². The highest BCUT2D eigenvalue weighted by Gasteiger charge is 2.29. The van der Waals surface area contributed by atoms with Crippen LogP contribution in [0.4, 0.5) is 0 Å². The number of nitrogens with one attached hydrogen (secondary N) is 2. The fourth-order valence-electron chi connectivity index (χ4n) is 2.93. The van der Waals surface area contributed by atoms with Crippen LogP contribution in [0, 0.1) is 0 Å². The van der Waals surface area contributed by atoms with E-state index < -0.39 is 5.54 Å². The molecule has 0 radical (unpaired) electrons. The van der Waals surface area contributed by atoms with Crippen LogP contribution in [-0.2, 0) is 9.59 Å². The summed E-state index contributed by atoms with van der Waals surface area (Å²) < 4.78 is 0. The van der Waals surface area contributed by atoms with E-state index >= 15 is 0 Å². The largest absolute Gasteiger partial charge is 0.348 e. The molecule has 0 spiro atoms. The Morgan fingerprint density at radius 1 is 1.08 bits per heavy atom. The summed E-state index contributed by atoms with van der Waals surface area (Å²) in [5, 5.41) is 8.32. The highest BCUT2D eigenvalue weighted by atomic mass is 16.2. The zero-order chi connectivity index (χ0) is 18.6. The van der Waals surface area contributed by atoms with Crippen molar-refractivity contribution in [3.63, 3.8) is 0 Å². The van der Waals surface area contributed by atoms with Crippen molar-refractivity contribution in [1.29, 1.82) is 0 Å². The Hall–Kier alpha value is -2.40. The second kappa shape index (κ2) is 7.66. The van der Waals surface area contributed by atoms with E-state index in [1.165, 1.54) is 4.90 Å². The Bertz CT molecular complexity index is 763. The molecule has 5 nitrogen and oxygen atoms in total. The van der Waals surface area contributed by atoms with Gasteiger partial charge in [-0.15, -0.1) is 0 Å². The van der Waals surface area contributed by atoms with E-state index in [-0.39, 0.29) is 24.4 Å². The minimum atomic E-state index is -0.788. The topological polar surface area (TPSA) is 61.4 Å². The Morgan fingerprint density at radius 3 is 2.40 bits per heavy atom. The van der Waals surface area contributed by atoms with E-state index in [4.69, 9.17) is 0 Å². The average Bonchev–Trinajstić information content (AvgIpc) is 2.58. The third-order valence-corrected chi connectivity index (χ3v) is 4.30. The summed E-state index contributed by atoms with van der Waals surface area (Å²) in [6, 6.07) is 14.1. The first-order chi connectivity index (χ1) is 11.7. The van der Waals surface area contributed by atoms with Crippen molar-refractivity contribution >= 4 is 22.6 Å². The minimum Gasteiger partial charge on any atom is -0.348 e. The number of carbonyl (C=O) groups is 2. The van der Waals surface area contributed by atoms with Crippen molar-refractivity contribution in [3.8, 4) is 0 Å². The predicted octanol–water partition coefficient (Wildman–Crippen LogP) is 2.47. The number of hydrogen-bond donors (Lipinski definition) is 2. The number of likely N-dealkylation sites (N-methyl/N-ethyl adjacent to an activating group) is 1. The standard InChI is InChI=1S/C20H27N3O2/c1-14(16-12-8-10-15-9-6-7-11-17(15)16)22-18(24)13-21-20(2,3)19(25)23(4)5/h6-12,14,21H,13H2,1-5H3,(H,22,24)/t14-/m0/s1. The zero-order valence-corrected chi connectivity index (χ0v) is 15.6. The highest BCUT2D eigenvalue weighted by Crippen LogP contribution is 2.23. The van der Waals surface area contributed by atoms with E-state index in [0.717, 1.165) is 16.3 Å². The van der Waals surface area contributed by atoms with Crippen LogP contribution >= 0.6 is 0 Å². The van der Waals surface area contributed by atoms with Gasteiger partial charge in [0.1, 0.15) is 0 Å². The van der Waals surface area contributed by atoms with Crippen LogP contribution in [0.5, 0.6) is 0 Å². The molecule has 2 amide bonds. The number of amides is 2. The maximum Gasteiger partial charge on any atom is 0.241 e. The maximum atomic E-state index is 12.3. The third-order valence-electron chi connectivity index (χ3n) is 4.30. The normalized spacial score (nSPS) is 12.7. The molecule has 2 N–H and O–H groups in total. The lowest BCUT2D eigenvalue weighted by Gasteiger charge is -2.28. The quantitative estimate of drug-likeness (QED) is 0.848. The molecule has 0 fully saturated rings. The Kier molecular flexibility index (Phi) is 5.80. The molecular formula is C20H27N3O2. The number of benzene rings is 2. The summed E-state index contributed by atoms with van der Waals surface area (Å²) >= 11 is 0. The fourth-order valence-corrected chi connectivity index (χ4v) is 2.93. The first kappa shape index (κ1) is 18.9. The maximum absolute atomic E-state index is 12.3. The summed E-state index contributed by atoms with van der Waals surface area (Å²) in [5.74, 6) is -0.206. The van der Waals surface area contributed by atoms with Crippen molar-refractivity contribution in [2.24, 2.45) is 0 Å². The van der Waals surface area contributed by atoms with Gasteiger partial charge in [-0.1, -0.05) is 42.5 Å². The molecule has 2 aromatic rings. The number of hydrogen-bond acceptors (Lipinski definition) is 3. The fraction of sp³-hybridized carbons (Fsp3) is 0.400. The van der Waals surface area contributed by atoms with Crippen molar-refractivity contribution in [2.45, 2.75) is 32.4 Å². The lowest BCUT2D eigenvalue weighted by Crippen LogP contribution is -2.54. The molecule has 0 aliphatic carbocycles. The molecule has 25 heavy (non-hydrogen) atoms. The molecule has 0 saturated carbocycles. The SMILES string of the molecule is C[C@H](NC(=O)CNC(C)(C)C(=O)N(C)C)c1cccc2ccccc12. The average molecular weight is 341 g/mol.